The van der Waals surface area contributed by atoms with E-state index in [-0.39, 0.29) is 0 Å². The van der Waals surface area contributed by atoms with Gasteiger partial charge in [0.05, 0.1) is 16.8 Å². The molecule has 0 saturated heterocycles. The SMILES string of the molecule is Cc1csc(Nc2ncc(OCc3ccccc3)cc2Sc2ccccc2)n1. The lowest BCUT2D eigenvalue weighted by Gasteiger charge is -2.12. The molecule has 0 unspecified atom stereocenters. The van der Waals surface area contributed by atoms with Crippen LogP contribution in [-0.4, -0.2) is 9.97 Å². The number of rotatable bonds is 7. The molecule has 2 aromatic carbocycles. The highest BCUT2D eigenvalue weighted by molar-refractivity contribution is 7.99. The summed E-state index contributed by atoms with van der Waals surface area (Å²) in [6, 6.07) is 22.4. The van der Waals surface area contributed by atoms with E-state index in [4.69, 9.17) is 4.74 Å². The van der Waals surface area contributed by atoms with Crippen LogP contribution in [0.5, 0.6) is 5.75 Å². The number of benzene rings is 2. The number of nitrogens with one attached hydrogen (secondary N) is 1. The molecule has 0 aliphatic heterocycles. The molecule has 0 radical (unpaired) electrons. The molecule has 4 nitrogen and oxygen atoms in total. The van der Waals surface area contributed by atoms with Gasteiger partial charge in [-0.25, -0.2) is 9.97 Å². The Kier molecular flexibility index (Phi) is 5.89. The second-order valence-electron chi connectivity index (χ2n) is 6.13. The summed E-state index contributed by atoms with van der Waals surface area (Å²) in [5.41, 5.74) is 2.12. The van der Waals surface area contributed by atoms with Crippen molar-refractivity contribution in [3.05, 3.63) is 89.6 Å². The number of thiazole rings is 1. The Morgan fingerprint density at radius 3 is 2.50 bits per heavy atom. The van der Waals surface area contributed by atoms with Crippen LogP contribution in [0.15, 0.2) is 88.1 Å². The molecule has 0 amide bonds. The van der Waals surface area contributed by atoms with Gasteiger partial charge in [0.2, 0.25) is 0 Å². The molecule has 2 aromatic heterocycles. The zero-order valence-electron chi connectivity index (χ0n) is 15.3. The van der Waals surface area contributed by atoms with Crippen molar-refractivity contribution < 1.29 is 4.74 Å². The molecule has 0 saturated carbocycles. The number of ether oxygens (including phenoxy) is 1. The number of nitrogens with zero attached hydrogens (tertiary/aromatic N) is 2. The number of anilines is 2. The summed E-state index contributed by atoms with van der Waals surface area (Å²) in [7, 11) is 0. The van der Waals surface area contributed by atoms with Gasteiger partial charge in [-0.3, -0.25) is 0 Å². The molecule has 0 atom stereocenters. The first-order valence-corrected chi connectivity index (χ1v) is 10.5. The first-order chi connectivity index (χ1) is 13.8. The molecule has 6 heteroatoms. The first-order valence-electron chi connectivity index (χ1n) is 8.85. The Morgan fingerprint density at radius 2 is 1.79 bits per heavy atom. The quantitative estimate of drug-likeness (QED) is 0.390. The minimum absolute atomic E-state index is 0.510. The highest BCUT2D eigenvalue weighted by Crippen LogP contribution is 2.36. The topological polar surface area (TPSA) is 47.0 Å². The number of hydrogen-bond donors (Lipinski definition) is 1. The van der Waals surface area contributed by atoms with Gasteiger partial charge in [0, 0.05) is 10.3 Å². The Labute approximate surface area is 172 Å². The van der Waals surface area contributed by atoms with Gasteiger partial charge in [-0.15, -0.1) is 11.3 Å². The zero-order chi connectivity index (χ0) is 19.2. The predicted molar refractivity (Wildman–Crippen MR) is 116 cm³/mol. The van der Waals surface area contributed by atoms with E-state index in [1.165, 1.54) is 0 Å². The fraction of sp³-hybridized carbons (Fsp3) is 0.0909. The molecule has 0 spiro atoms. The fourth-order valence-electron chi connectivity index (χ4n) is 2.55. The minimum Gasteiger partial charge on any atom is -0.487 e. The second-order valence-corrected chi connectivity index (χ2v) is 8.10. The summed E-state index contributed by atoms with van der Waals surface area (Å²) in [4.78, 5) is 11.2. The minimum atomic E-state index is 0.510. The summed E-state index contributed by atoms with van der Waals surface area (Å²) >= 11 is 3.22. The van der Waals surface area contributed by atoms with Crippen LogP contribution >= 0.6 is 23.1 Å². The smallest absolute Gasteiger partial charge is 0.188 e. The van der Waals surface area contributed by atoms with Crippen LogP contribution < -0.4 is 10.1 Å². The second kappa shape index (κ2) is 8.91. The summed E-state index contributed by atoms with van der Waals surface area (Å²) in [5.74, 6) is 1.51. The number of pyridine rings is 1. The number of aromatic nitrogens is 2. The average molecular weight is 406 g/mol. The fourth-order valence-corrected chi connectivity index (χ4v) is 4.16. The van der Waals surface area contributed by atoms with Gasteiger partial charge in [-0.2, -0.15) is 0 Å². The third-order valence-electron chi connectivity index (χ3n) is 3.89. The van der Waals surface area contributed by atoms with Crippen molar-refractivity contribution in [3.63, 3.8) is 0 Å². The largest absolute Gasteiger partial charge is 0.487 e. The third kappa shape index (κ3) is 4.91. The van der Waals surface area contributed by atoms with Crippen molar-refractivity contribution >= 4 is 34.0 Å². The maximum Gasteiger partial charge on any atom is 0.188 e. The van der Waals surface area contributed by atoms with E-state index in [1.54, 1.807) is 29.3 Å². The van der Waals surface area contributed by atoms with Crippen molar-refractivity contribution in [2.45, 2.75) is 23.3 Å². The van der Waals surface area contributed by atoms with Crippen LogP contribution in [0.3, 0.4) is 0 Å². The van der Waals surface area contributed by atoms with E-state index in [9.17, 15) is 0 Å². The Morgan fingerprint density at radius 1 is 1.04 bits per heavy atom. The van der Waals surface area contributed by atoms with E-state index in [1.807, 2.05) is 66.9 Å². The standard InChI is InChI=1S/C22H19N3OS2/c1-16-15-27-22(24-16)25-21-20(28-19-10-6-3-7-11-19)12-18(13-23-21)26-14-17-8-4-2-5-9-17/h2-13,15H,14H2,1H3,(H,23,24,25). The van der Waals surface area contributed by atoms with Crippen LogP contribution in [0.4, 0.5) is 10.9 Å². The Bertz CT molecular complexity index is 1040. The number of hydrogen-bond acceptors (Lipinski definition) is 6. The third-order valence-corrected chi connectivity index (χ3v) is 5.81. The van der Waals surface area contributed by atoms with Crippen LogP contribution in [0.2, 0.25) is 0 Å². The molecule has 140 valence electrons. The molecule has 28 heavy (non-hydrogen) atoms. The van der Waals surface area contributed by atoms with Gasteiger partial charge >= 0.3 is 0 Å². The molecule has 4 aromatic rings. The maximum atomic E-state index is 5.96. The predicted octanol–water partition coefficient (Wildman–Crippen LogP) is 6.32. The van der Waals surface area contributed by atoms with Crippen molar-refractivity contribution in [3.8, 4) is 5.75 Å². The van der Waals surface area contributed by atoms with Crippen molar-refractivity contribution in [2.75, 3.05) is 5.32 Å². The van der Waals surface area contributed by atoms with E-state index < -0.39 is 0 Å². The van der Waals surface area contributed by atoms with E-state index in [0.717, 1.165) is 37.7 Å². The lowest BCUT2D eigenvalue weighted by atomic mass is 10.2. The normalized spacial score (nSPS) is 10.6. The highest BCUT2D eigenvalue weighted by atomic mass is 32.2. The first kappa shape index (κ1) is 18.5. The van der Waals surface area contributed by atoms with Gasteiger partial charge in [-0.1, -0.05) is 60.3 Å². The summed E-state index contributed by atoms with van der Waals surface area (Å²) in [6.45, 7) is 2.49. The molecule has 2 heterocycles. The van der Waals surface area contributed by atoms with Gasteiger partial charge in [0.1, 0.15) is 18.2 Å². The molecule has 0 aliphatic carbocycles. The van der Waals surface area contributed by atoms with Crippen molar-refractivity contribution in [1.29, 1.82) is 0 Å². The molecule has 0 aliphatic rings. The van der Waals surface area contributed by atoms with E-state index >= 15 is 0 Å². The van der Waals surface area contributed by atoms with Gasteiger partial charge < -0.3 is 10.1 Å². The van der Waals surface area contributed by atoms with Gasteiger partial charge in [-0.05, 0) is 30.7 Å². The number of aryl methyl sites for hydroxylation is 1. The molecular formula is C22H19N3OS2. The average Bonchev–Trinajstić information content (AvgIpc) is 3.14. The van der Waals surface area contributed by atoms with Crippen LogP contribution in [-0.2, 0) is 6.61 Å². The van der Waals surface area contributed by atoms with Crippen LogP contribution in [0.25, 0.3) is 0 Å². The van der Waals surface area contributed by atoms with Crippen molar-refractivity contribution in [1.82, 2.24) is 9.97 Å². The van der Waals surface area contributed by atoms with Crippen LogP contribution in [0, 0.1) is 6.92 Å². The van der Waals surface area contributed by atoms with Gasteiger partial charge in [0.15, 0.2) is 5.13 Å². The summed E-state index contributed by atoms with van der Waals surface area (Å²) in [5, 5.41) is 6.18. The molecule has 4 rings (SSSR count). The van der Waals surface area contributed by atoms with Gasteiger partial charge in [0.25, 0.3) is 0 Å². The monoisotopic (exact) mass is 405 g/mol. The Balaban J connectivity index is 1.57. The summed E-state index contributed by atoms with van der Waals surface area (Å²) < 4.78 is 5.96. The molecule has 1 N–H and O–H groups in total. The molecule has 0 bridgehead atoms. The zero-order valence-corrected chi connectivity index (χ0v) is 17.0. The van der Waals surface area contributed by atoms with E-state index in [2.05, 4.69) is 27.4 Å². The van der Waals surface area contributed by atoms with Crippen LogP contribution in [0.1, 0.15) is 11.3 Å². The lowest BCUT2D eigenvalue weighted by Crippen LogP contribution is -1.99. The molecule has 0 fully saturated rings. The summed E-state index contributed by atoms with van der Waals surface area (Å²) in [6.07, 6.45) is 1.75. The Hall–Kier alpha value is -2.83. The van der Waals surface area contributed by atoms with E-state index in [0.29, 0.717) is 6.61 Å². The van der Waals surface area contributed by atoms with Crippen molar-refractivity contribution in [2.24, 2.45) is 0 Å². The highest BCUT2D eigenvalue weighted by Gasteiger charge is 2.11. The maximum absolute atomic E-state index is 5.96. The lowest BCUT2D eigenvalue weighted by molar-refractivity contribution is 0.304. The molecular weight excluding hydrogens is 386 g/mol.